The number of ether oxygens (including phenoxy) is 1. The molecule has 1 aromatic carbocycles. The Balaban J connectivity index is 2.72. The van der Waals surface area contributed by atoms with Crippen LogP contribution in [0.1, 0.15) is 31.4 Å². The summed E-state index contributed by atoms with van der Waals surface area (Å²) in [6.45, 7) is 5.92. The van der Waals surface area contributed by atoms with Crippen LogP contribution in [0.15, 0.2) is 24.3 Å². The van der Waals surface area contributed by atoms with Gasteiger partial charge in [0.1, 0.15) is 0 Å². The number of hydrogen-bond donors (Lipinski definition) is 0. The minimum Gasteiger partial charge on any atom is -0.465 e. The molecule has 0 N–H and O–H groups in total. The van der Waals surface area contributed by atoms with Gasteiger partial charge in [-0.3, -0.25) is 9.69 Å². The monoisotopic (exact) mass is 260 g/mol. The zero-order valence-corrected chi connectivity index (χ0v) is 11.6. The van der Waals surface area contributed by atoms with Gasteiger partial charge in [0.2, 0.25) is 0 Å². The predicted molar refractivity (Wildman–Crippen MR) is 73.4 cm³/mol. The van der Waals surface area contributed by atoms with Gasteiger partial charge in [-0.25, -0.2) is 0 Å². The maximum absolute atomic E-state index is 11.5. The maximum atomic E-state index is 11.5. The number of benzene rings is 1. The topological polar surface area (TPSA) is 53.3 Å². The van der Waals surface area contributed by atoms with E-state index in [0.29, 0.717) is 18.7 Å². The van der Waals surface area contributed by atoms with E-state index in [-0.39, 0.29) is 12.5 Å². The second-order valence-electron chi connectivity index (χ2n) is 4.28. The molecule has 0 radical (unpaired) electrons. The lowest BCUT2D eigenvalue weighted by molar-refractivity contribution is -0.144. The van der Waals surface area contributed by atoms with E-state index in [0.717, 1.165) is 18.5 Å². The van der Waals surface area contributed by atoms with Crippen LogP contribution < -0.4 is 0 Å². The minimum atomic E-state index is -0.217. The van der Waals surface area contributed by atoms with Crippen molar-refractivity contribution in [1.29, 1.82) is 5.26 Å². The van der Waals surface area contributed by atoms with Crippen molar-refractivity contribution in [1.82, 2.24) is 4.90 Å². The van der Waals surface area contributed by atoms with Crippen molar-refractivity contribution in [3.8, 4) is 6.07 Å². The van der Waals surface area contributed by atoms with Gasteiger partial charge in [-0.2, -0.15) is 5.26 Å². The Labute approximate surface area is 114 Å². The minimum absolute atomic E-state index is 0.217. The van der Waals surface area contributed by atoms with Crippen molar-refractivity contribution in [3.63, 3.8) is 0 Å². The van der Waals surface area contributed by atoms with E-state index in [1.54, 1.807) is 13.0 Å². The Morgan fingerprint density at radius 1 is 1.37 bits per heavy atom. The summed E-state index contributed by atoms with van der Waals surface area (Å²) in [5.41, 5.74) is 1.61. The SMILES string of the molecule is CCCN(CC(=O)OCC)Cc1ccccc1C#N. The molecule has 0 bridgehead atoms. The molecule has 0 spiro atoms. The van der Waals surface area contributed by atoms with Gasteiger partial charge in [-0.05, 0) is 31.5 Å². The van der Waals surface area contributed by atoms with Gasteiger partial charge in [-0.15, -0.1) is 0 Å². The molecule has 0 aromatic heterocycles. The first kappa shape index (κ1) is 15.2. The fourth-order valence-corrected chi connectivity index (χ4v) is 1.93. The average Bonchev–Trinajstić information content (AvgIpc) is 2.40. The molecule has 19 heavy (non-hydrogen) atoms. The highest BCUT2D eigenvalue weighted by Crippen LogP contribution is 2.11. The first-order chi connectivity index (χ1) is 9.21. The quantitative estimate of drug-likeness (QED) is 0.706. The summed E-state index contributed by atoms with van der Waals surface area (Å²) in [7, 11) is 0. The molecule has 4 heteroatoms. The highest BCUT2D eigenvalue weighted by atomic mass is 16.5. The van der Waals surface area contributed by atoms with Crippen LogP contribution in [0.5, 0.6) is 0 Å². The Hall–Kier alpha value is -1.86. The van der Waals surface area contributed by atoms with Crippen LogP contribution >= 0.6 is 0 Å². The van der Waals surface area contributed by atoms with Crippen LogP contribution in [0.25, 0.3) is 0 Å². The highest BCUT2D eigenvalue weighted by molar-refractivity contribution is 5.71. The zero-order chi connectivity index (χ0) is 14.1. The molecule has 0 heterocycles. The van der Waals surface area contributed by atoms with Crippen molar-refractivity contribution in [2.75, 3.05) is 19.7 Å². The van der Waals surface area contributed by atoms with E-state index >= 15 is 0 Å². The fourth-order valence-electron chi connectivity index (χ4n) is 1.93. The molecular weight excluding hydrogens is 240 g/mol. The molecule has 0 aliphatic rings. The van der Waals surface area contributed by atoms with Gasteiger partial charge in [0.15, 0.2) is 0 Å². The molecule has 0 saturated heterocycles. The second kappa shape index (κ2) is 8.28. The van der Waals surface area contributed by atoms with Gasteiger partial charge in [0, 0.05) is 6.54 Å². The fraction of sp³-hybridized carbons (Fsp3) is 0.467. The van der Waals surface area contributed by atoms with Crippen LogP contribution in [0.2, 0.25) is 0 Å². The van der Waals surface area contributed by atoms with Crippen LogP contribution in [-0.4, -0.2) is 30.6 Å². The Morgan fingerprint density at radius 2 is 2.11 bits per heavy atom. The van der Waals surface area contributed by atoms with Gasteiger partial charge in [-0.1, -0.05) is 25.1 Å². The van der Waals surface area contributed by atoms with E-state index in [2.05, 4.69) is 13.0 Å². The number of carbonyl (C=O) groups is 1. The molecule has 0 fully saturated rings. The number of carbonyl (C=O) groups excluding carboxylic acids is 1. The largest absolute Gasteiger partial charge is 0.465 e. The summed E-state index contributed by atoms with van der Waals surface area (Å²) in [6.07, 6.45) is 0.953. The molecule has 0 saturated carbocycles. The summed E-state index contributed by atoms with van der Waals surface area (Å²) in [6, 6.07) is 9.65. The first-order valence-corrected chi connectivity index (χ1v) is 6.57. The molecule has 1 aromatic rings. The lowest BCUT2D eigenvalue weighted by atomic mass is 10.1. The smallest absolute Gasteiger partial charge is 0.320 e. The predicted octanol–water partition coefficient (Wildman–Crippen LogP) is 2.33. The highest BCUT2D eigenvalue weighted by Gasteiger charge is 2.13. The summed E-state index contributed by atoms with van der Waals surface area (Å²) in [5.74, 6) is -0.217. The van der Waals surface area contributed by atoms with Crippen LogP contribution in [0, 0.1) is 11.3 Å². The van der Waals surface area contributed by atoms with Gasteiger partial charge >= 0.3 is 5.97 Å². The Kier molecular flexibility index (Phi) is 6.62. The number of esters is 1. The lowest BCUT2D eigenvalue weighted by Crippen LogP contribution is -2.31. The molecule has 0 amide bonds. The molecule has 0 aliphatic heterocycles. The number of hydrogen-bond acceptors (Lipinski definition) is 4. The van der Waals surface area contributed by atoms with E-state index in [4.69, 9.17) is 10.00 Å². The molecule has 4 nitrogen and oxygen atoms in total. The third kappa shape index (κ3) is 5.11. The number of nitrogens with zero attached hydrogens (tertiary/aromatic N) is 2. The lowest BCUT2D eigenvalue weighted by Gasteiger charge is -2.21. The number of nitriles is 1. The average molecular weight is 260 g/mol. The van der Waals surface area contributed by atoms with E-state index in [1.807, 2.05) is 23.1 Å². The molecule has 1 rings (SSSR count). The van der Waals surface area contributed by atoms with Gasteiger partial charge in [0.25, 0.3) is 0 Å². The van der Waals surface area contributed by atoms with Crippen LogP contribution in [-0.2, 0) is 16.1 Å². The van der Waals surface area contributed by atoms with E-state index in [9.17, 15) is 4.79 Å². The maximum Gasteiger partial charge on any atom is 0.320 e. The summed E-state index contributed by atoms with van der Waals surface area (Å²) in [4.78, 5) is 13.6. The van der Waals surface area contributed by atoms with E-state index in [1.165, 1.54) is 0 Å². The van der Waals surface area contributed by atoms with Crippen molar-refractivity contribution < 1.29 is 9.53 Å². The molecular formula is C15H20N2O2. The third-order valence-electron chi connectivity index (χ3n) is 2.73. The van der Waals surface area contributed by atoms with Gasteiger partial charge < -0.3 is 4.74 Å². The molecule has 0 atom stereocenters. The third-order valence-corrected chi connectivity index (χ3v) is 2.73. The van der Waals surface area contributed by atoms with E-state index < -0.39 is 0 Å². The molecule has 102 valence electrons. The Morgan fingerprint density at radius 3 is 2.74 bits per heavy atom. The Bertz CT molecular complexity index is 452. The van der Waals surface area contributed by atoms with Gasteiger partial charge in [0.05, 0.1) is 24.8 Å². The van der Waals surface area contributed by atoms with Crippen LogP contribution in [0.4, 0.5) is 0 Å². The number of rotatable bonds is 7. The first-order valence-electron chi connectivity index (χ1n) is 6.57. The summed E-state index contributed by atoms with van der Waals surface area (Å²) < 4.78 is 4.97. The summed E-state index contributed by atoms with van der Waals surface area (Å²) >= 11 is 0. The van der Waals surface area contributed by atoms with Crippen molar-refractivity contribution in [2.24, 2.45) is 0 Å². The molecule has 0 aliphatic carbocycles. The van der Waals surface area contributed by atoms with Crippen molar-refractivity contribution >= 4 is 5.97 Å². The van der Waals surface area contributed by atoms with Crippen LogP contribution in [0.3, 0.4) is 0 Å². The summed E-state index contributed by atoms with van der Waals surface area (Å²) in [5, 5.41) is 9.07. The zero-order valence-electron chi connectivity index (χ0n) is 11.6. The normalized spacial score (nSPS) is 10.2. The standard InChI is InChI=1S/C15H20N2O2/c1-3-9-17(12-15(18)19-4-2)11-14-8-6-5-7-13(14)10-16/h5-8H,3-4,9,11-12H2,1-2H3. The van der Waals surface area contributed by atoms with Crippen molar-refractivity contribution in [3.05, 3.63) is 35.4 Å². The second-order valence-corrected chi connectivity index (χ2v) is 4.28. The molecule has 0 unspecified atom stereocenters. The van der Waals surface area contributed by atoms with Crippen molar-refractivity contribution in [2.45, 2.75) is 26.8 Å².